The quantitative estimate of drug-likeness (QED) is 0.812. The van der Waals surface area contributed by atoms with E-state index in [1.165, 1.54) is 18.2 Å². The topological polar surface area (TPSA) is 86.5 Å². The number of benzene rings is 1. The number of amides is 1. The largest absolute Gasteiger partial charge is 0.475 e. The summed E-state index contributed by atoms with van der Waals surface area (Å²) in [5.41, 5.74) is 5.77. The maximum absolute atomic E-state index is 11.9. The van der Waals surface area contributed by atoms with Crippen LogP contribution in [0.25, 0.3) is 0 Å². The Hall–Kier alpha value is -1.82. The minimum absolute atomic E-state index is 0.0394. The van der Waals surface area contributed by atoms with Crippen molar-refractivity contribution in [3.05, 3.63) is 41.0 Å². The van der Waals surface area contributed by atoms with Crippen molar-refractivity contribution < 1.29 is 17.9 Å². The monoisotopic (exact) mass is 253 g/mol. The number of nitrogens with two attached hydrogens (primary N) is 1. The first kappa shape index (κ1) is 11.7. The van der Waals surface area contributed by atoms with E-state index in [0.29, 0.717) is 5.56 Å². The van der Waals surface area contributed by atoms with Crippen molar-refractivity contribution in [1.82, 2.24) is 0 Å². The molecule has 90 valence electrons. The molecule has 1 aliphatic rings. The van der Waals surface area contributed by atoms with Crippen molar-refractivity contribution in [2.75, 3.05) is 0 Å². The Bertz CT molecular complexity index is 618. The Morgan fingerprint density at radius 3 is 2.71 bits per heavy atom. The van der Waals surface area contributed by atoms with Crippen molar-refractivity contribution >= 4 is 15.7 Å². The average molecular weight is 253 g/mol. The molecular formula is C11H11NO4S. The first-order chi connectivity index (χ1) is 7.84. The zero-order chi connectivity index (χ0) is 12.8. The highest BCUT2D eigenvalue weighted by atomic mass is 32.2. The number of hydrogen-bond acceptors (Lipinski definition) is 4. The van der Waals surface area contributed by atoms with E-state index < -0.39 is 21.8 Å². The molecule has 0 radical (unpaired) electrons. The third-order valence-corrected chi connectivity index (χ3v) is 4.26. The molecule has 1 aromatic carbocycles. The highest BCUT2D eigenvalue weighted by Gasteiger charge is 2.33. The zero-order valence-corrected chi connectivity index (χ0v) is 9.95. The Morgan fingerprint density at radius 2 is 2.12 bits per heavy atom. The lowest BCUT2D eigenvalue weighted by molar-refractivity contribution is 0.0999. The predicted octanol–water partition coefficient (Wildman–Crippen LogP) is 1.12. The van der Waals surface area contributed by atoms with Crippen LogP contribution in [0.2, 0.25) is 0 Å². The highest BCUT2D eigenvalue weighted by Crippen LogP contribution is 2.36. The second-order valence-corrected chi connectivity index (χ2v) is 5.65. The van der Waals surface area contributed by atoms with Crippen LogP contribution >= 0.6 is 0 Å². The lowest BCUT2D eigenvalue weighted by atomic mass is 10.1. The molecule has 2 rings (SSSR count). The molecule has 0 aromatic heterocycles. The molecule has 2 N–H and O–H groups in total. The van der Waals surface area contributed by atoms with Crippen LogP contribution in [-0.2, 0) is 14.6 Å². The summed E-state index contributed by atoms with van der Waals surface area (Å²) in [4.78, 5) is 11.1. The van der Waals surface area contributed by atoms with E-state index in [9.17, 15) is 13.2 Å². The fourth-order valence-corrected chi connectivity index (χ4v) is 3.05. The molecule has 0 saturated carbocycles. The van der Waals surface area contributed by atoms with Crippen LogP contribution in [0.15, 0.2) is 34.8 Å². The van der Waals surface area contributed by atoms with Crippen molar-refractivity contribution in [1.29, 1.82) is 0 Å². The van der Waals surface area contributed by atoms with E-state index in [0.717, 1.165) is 0 Å². The molecule has 1 amide bonds. The minimum Gasteiger partial charge on any atom is -0.475 e. The Kier molecular flexibility index (Phi) is 2.46. The second-order valence-electron chi connectivity index (χ2n) is 3.75. The van der Waals surface area contributed by atoms with Gasteiger partial charge in [-0.1, -0.05) is 6.07 Å². The SMILES string of the molecule is C=C1OC(C)c2ccc(C(N)=O)cc2S1(=O)=O. The van der Waals surface area contributed by atoms with Crippen molar-refractivity contribution in [2.45, 2.75) is 17.9 Å². The van der Waals surface area contributed by atoms with Gasteiger partial charge in [0.1, 0.15) is 6.10 Å². The Balaban J connectivity index is 2.74. The van der Waals surface area contributed by atoms with Gasteiger partial charge < -0.3 is 10.5 Å². The summed E-state index contributed by atoms with van der Waals surface area (Å²) in [6, 6.07) is 4.27. The van der Waals surface area contributed by atoms with Crippen LogP contribution in [0.1, 0.15) is 28.9 Å². The highest BCUT2D eigenvalue weighted by molar-refractivity contribution is 7.95. The summed E-state index contributed by atoms with van der Waals surface area (Å²) in [6.45, 7) is 5.08. The molecule has 1 unspecified atom stereocenters. The van der Waals surface area contributed by atoms with Gasteiger partial charge in [-0.2, -0.15) is 0 Å². The molecule has 1 atom stereocenters. The lowest BCUT2D eigenvalue weighted by Crippen LogP contribution is -2.20. The number of ether oxygens (including phenoxy) is 1. The number of hydrogen-bond donors (Lipinski definition) is 1. The van der Waals surface area contributed by atoms with Crippen LogP contribution in [0, 0.1) is 0 Å². The van der Waals surface area contributed by atoms with Gasteiger partial charge in [-0.25, -0.2) is 8.42 Å². The lowest BCUT2D eigenvalue weighted by Gasteiger charge is -2.25. The first-order valence-electron chi connectivity index (χ1n) is 4.88. The number of carbonyl (C=O) groups excluding carboxylic acids is 1. The summed E-state index contributed by atoms with van der Waals surface area (Å²) >= 11 is 0. The van der Waals surface area contributed by atoms with Crippen LogP contribution in [0.3, 0.4) is 0 Å². The summed E-state index contributed by atoms with van der Waals surface area (Å²) in [5, 5.41) is -0.306. The number of fused-ring (bicyclic) bond motifs is 1. The Labute approximate surface area is 98.8 Å². The van der Waals surface area contributed by atoms with Crippen molar-refractivity contribution in [3.8, 4) is 0 Å². The summed E-state index contributed by atoms with van der Waals surface area (Å²) in [7, 11) is -3.73. The van der Waals surface area contributed by atoms with E-state index in [1.807, 2.05) is 0 Å². The first-order valence-corrected chi connectivity index (χ1v) is 6.36. The summed E-state index contributed by atoms with van der Waals surface area (Å²) in [6.07, 6.45) is -0.414. The molecule has 5 nitrogen and oxygen atoms in total. The predicted molar refractivity (Wildman–Crippen MR) is 60.8 cm³/mol. The van der Waals surface area contributed by atoms with E-state index in [1.54, 1.807) is 6.92 Å². The van der Waals surface area contributed by atoms with Gasteiger partial charge in [-0.15, -0.1) is 0 Å². The molecule has 6 heteroatoms. The van der Waals surface area contributed by atoms with Gasteiger partial charge in [-0.3, -0.25) is 4.79 Å². The maximum Gasteiger partial charge on any atom is 0.248 e. The van der Waals surface area contributed by atoms with Gasteiger partial charge >= 0.3 is 0 Å². The Morgan fingerprint density at radius 1 is 1.47 bits per heavy atom. The number of rotatable bonds is 1. The van der Waals surface area contributed by atoms with E-state index in [4.69, 9.17) is 10.5 Å². The van der Waals surface area contributed by atoms with E-state index in [2.05, 4.69) is 6.58 Å². The normalized spacial score (nSPS) is 21.5. The van der Waals surface area contributed by atoms with E-state index in [-0.39, 0.29) is 15.6 Å². The number of primary amides is 1. The molecule has 0 spiro atoms. The molecule has 0 saturated heterocycles. The molecular weight excluding hydrogens is 242 g/mol. The molecule has 1 aliphatic heterocycles. The van der Waals surface area contributed by atoms with Crippen LogP contribution in [0.4, 0.5) is 0 Å². The molecule has 0 bridgehead atoms. The fourth-order valence-electron chi connectivity index (χ4n) is 1.70. The van der Waals surface area contributed by atoms with Gasteiger partial charge in [0.15, 0.2) is 0 Å². The third-order valence-electron chi connectivity index (χ3n) is 2.63. The van der Waals surface area contributed by atoms with Crippen molar-refractivity contribution in [3.63, 3.8) is 0 Å². The molecule has 1 heterocycles. The number of sulfone groups is 1. The molecule has 1 aromatic rings. The zero-order valence-electron chi connectivity index (χ0n) is 9.14. The molecule has 17 heavy (non-hydrogen) atoms. The summed E-state index contributed by atoms with van der Waals surface area (Å²) < 4.78 is 29.0. The van der Waals surface area contributed by atoms with Crippen LogP contribution < -0.4 is 5.73 Å². The van der Waals surface area contributed by atoms with Crippen LogP contribution in [0.5, 0.6) is 0 Å². The molecule has 0 fully saturated rings. The number of carbonyl (C=O) groups is 1. The van der Waals surface area contributed by atoms with Crippen molar-refractivity contribution in [2.24, 2.45) is 5.73 Å². The smallest absolute Gasteiger partial charge is 0.248 e. The van der Waals surface area contributed by atoms with Gasteiger partial charge in [0.25, 0.3) is 0 Å². The standard InChI is InChI=1S/C11H11NO4S/c1-6-9-4-3-8(11(12)13)5-10(9)17(14,15)7(2)16-6/h3-6H,2H2,1H3,(H2,12,13). The average Bonchev–Trinajstić information content (AvgIpc) is 2.26. The van der Waals surface area contributed by atoms with Gasteiger partial charge in [0.2, 0.25) is 20.8 Å². The molecule has 0 aliphatic carbocycles. The van der Waals surface area contributed by atoms with Gasteiger partial charge in [-0.05, 0) is 25.6 Å². The second kappa shape index (κ2) is 3.59. The van der Waals surface area contributed by atoms with Gasteiger partial charge in [0.05, 0.1) is 4.90 Å². The summed E-state index contributed by atoms with van der Waals surface area (Å²) in [5.74, 6) is -0.673. The fraction of sp³-hybridized carbons (Fsp3) is 0.182. The van der Waals surface area contributed by atoms with Gasteiger partial charge in [0, 0.05) is 11.1 Å². The van der Waals surface area contributed by atoms with E-state index >= 15 is 0 Å². The minimum atomic E-state index is -3.73. The maximum atomic E-state index is 11.9. The van der Waals surface area contributed by atoms with Crippen LogP contribution in [-0.4, -0.2) is 14.3 Å². The third kappa shape index (κ3) is 1.70.